The van der Waals surface area contributed by atoms with Crippen molar-refractivity contribution in [3.05, 3.63) is 178 Å². The van der Waals surface area contributed by atoms with E-state index in [0.717, 1.165) is 22.3 Å². The number of rotatable bonds is 25. The normalized spacial score (nSPS) is 20.1. The Morgan fingerprint density at radius 1 is 0.682 bits per heavy atom. The Morgan fingerprint density at radius 3 is 1.70 bits per heavy atom. The average molecular weight is 920 g/mol. The molecule has 13 nitrogen and oxygen atoms in total. The third kappa shape index (κ3) is 15.0. The first-order valence-electron chi connectivity index (χ1n) is 22.5. The first-order chi connectivity index (χ1) is 31.9. The number of aliphatic hydroxyl groups excluding tert-OH is 1. The Bertz CT molecular complexity index is 2180. The van der Waals surface area contributed by atoms with Gasteiger partial charge in [0.1, 0.15) is 60.8 Å². The van der Waals surface area contributed by atoms with E-state index < -0.39 is 57.3 Å². The highest BCUT2D eigenvalue weighted by Crippen LogP contribution is 2.38. The number of aliphatic hydroxyl groups is 1. The summed E-state index contributed by atoms with van der Waals surface area (Å²) in [6.45, 7) is 11.6. The van der Waals surface area contributed by atoms with Crippen LogP contribution < -0.4 is 9.47 Å². The monoisotopic (exact) mass is 919 g/mol. The molecule has 0 radical (unpaired) electrons. The summed E-state index contributed by atoms with van der Waals surface area (Å²) in [6, 6.07) is 45.1. The minimum Gasteiger partial charge on any atom is -0.497 e. The number of ether oxygens (including phenoxy) is 8. The van der Waals surface area contributed by atoms with E-state index >= 15 is 0 Å². The first kappa shape index (κ1) is 50.3. The van der Waals surface area contributed by atoms with Crippen LogP contribution in [-0.4, -0.2) is 89.3 Å². The summed E-state index contributed by atoms with van der Waals surface area (Å²) in [5.74, 6) is 1.18. The predicted octanol–water partition coefficient (Wildman–Crippen LogP) is 10.2. The van der Waals surface area contributed by atoms with Gasteiger partial charge in [0.25, 0.3) is 0 Å². The van der Waals surface area contributed by atoms with Gasteiger partial charge in [-0.05, 0) is 70.2 Å². The zero-order chi connectivity index (χ0) is 46.8. The molecule has 1 fully saturated rings. The predicted molar refractivity (Wildman–Crippen MR) is 255 cm³/mol. The molecule has 5 aromatic rings. The van der Waals surface area contributed by atoms with Crippen LogP contribution in [0, 0.1) is 0 Å². The Morgan fingerprint density at radius 2 is 1.18 bits per heavy atom. The lowest BCUT2D eigenvalue weighted by molar-refractivity contribution is -0.312. The lowest BCUT2D eigenvalue weighted by atomic mass is 9.96. The number of nitrogens with zero attached hydrogens (tertiary/aromatic N) is 3. The van der Waals surface area contributed by atoms with Crippen molar-refractivity contribution < 1.29 is 47.4 Å². The molecule has 1 heterocycles. The molecule has 3 unspecified atom stereocenters. The number of benzene rings is 5. The second-order valence-corrected chi connectivity index (χ2v) is 22.6. The second-order valence-electron chi connectivity index (χ2n) is 17.8. The van der Waals surface area contributed by atoms with Crippen molar-refractivity contribution in [2.45, 2.75) is 114 Å². The number of hydrogen-bond acceptors (Lipinski definition) is 11. The van der Waals surface area contributed by atoms with Gasteiger partial charge in [-0.1, -0.05) is 147 Å². The molecule has 8 atom stereocenters. The largest absolute Gasteiger partial charge is 0.497 e. The van der Waals surface area contributed by atoms with Gasteiger partial charge in [-0.25, -0.2) is 0 Å². The standard InChI is InChI=1S/C52H65N3O10Si/c1-52(2,3)66(5,6)63-37-45(60-32-39-21-13-8-14-22-39)48(44(56)35-59-43-29-27-42(57-4)28-30-43)65-51-47(54-55-53)50(62-34-41-25-17-10-18-26-41)49(61-33-40-23-15-9-16-24-40)46(64-51)36-58-31-38-19-11-7-12-20-38/h7-30,44-51,56H,31-37H2,1-6H3/t44?,45?,46-,47-,48?,49-,50-,51+/m1/s1. The Hall–Kier alpha value is -5.09. The first-order valence-corrected chi connectivity index (χ1v) is 25.4. The molecule has 14 heteroatoms. The van der Waals surface area contributed by atoms with Crippen LogP contribution in [0.2, 0.25) is 18.1 Å². The summed E-state index contributed by atoms with van der Waals surface area (Å²) < 4.78 is 58.8. The van der Waals surface area contributed by atoms with Crippen LogP contribution in [0.1, 0.15) is 43.0 Å². The summed E-state index contributed by atoms with van der Waals surface area (Å²) in [7, 11) is -0.789. The van der Waals surface area contributed by atoms with Gasteiger partial charge < -0.3 is 47.4 Å². The van der Waals surface area contributed by atoms with Crippen molar-refractivity contribution in [2.75, 3.05) is 26.9 Å². The van der Waals surface area contributed by atoms with E-state index in [-0.39, 0.29) is 44.7 Å². The molecule has 0 bridgehead atoms. The van der Waals surface area contributed by atoms with Crippen molar-refractivity contribution in [1.82, 2.24) is 0 Å². The second kappa shape index (κ2) is 25.2. The summed E-state index contributed by atoms with van der Waals surface area (Å²) in [6.07, 6.45) is -7.13. The van der Waals surface area contributed by atoms with Crippen molar-refractivity contribution in [3.8, 4) is 11.5 Å². The van der Waals surface area contributed by atoms with E-state index in [1.165, 1.54) is 0 Å². The number of hydrogen-bond donors (Lipinski definition) is 1. The van der Waals surface area contributed by atoms with Crippen LogP contribution in [-0.2, 0) is 59.3 Å². The molecule has 5 aromatic carbocycles. The number of methoxy groups -OCH3 is 1. The number of azide groups is 1. The van der Waals surface area contributed by atoms with E-state index in [4.69, 9.17) is 42.3 Å². The van der Waals surface area contributed by atoms with Crippen LogP contribution in [0.15, 0.2) is 151 Å². The molecule has 1 aliphatic heterocycles. The van der Waals surface area contributed by atoms with E-state index in [9.17, 15) is 10.6 Å². The summed E-state index contributed by atoms with van der Waals surface area (Å²) in [4.78, 5) is 3.30. The maximum absolute atomic E-state index is 12.3. The summed E-state index contributed by atoms with van der Waals surface area (Å²) >= 11 is 0. The molecule has 0 aromatic heterocycles. The SMILES string of the molecule is COc1ccc(OCC(O)C(O[C@@H]2O[C@H](COCc3ccccc3)[C@@H](OCc3ccccc3)[C@H](OCc3ccccc3)[C@H]2N=[N+]=[N-])C(CO[Si](C)(C)C(C)(C)C)OCc2ccccc2)cc1. The van der Waals surface area contributed by atoms with Crippen LogP contribution in [0.3, 0.4) is 0 Å². The lowest BCUT2D eigenvalue weighted by Crippen LogP contribution is -2.62. The van der Waals surface area contributed by atoms with Crippen molar-refractivity contribution >= 4 is 8.32 Å². The van der Waals surface area contributed by atoms with E-state index in [2.05, 4.69) is 43.9 Å². The average Bonchev–Trinajstić information content (AvgIpc) is 3.33. The third-order valence-corrected chi connectivity index (χ3v) is 16.5. The molecule has 0 amide bonds. The van der Waals surface area contributed by atoms with Crippen LogP contribution >= 0.6 is 0 Å². The molecule has 1 saturated heterocycles. The van der Waals surface area contributed by atoms with Gasteiger partial charge in [-0.2, -0.15) is 0 Å². The molecule has 1 aliphatic rings. The minimum atomic E-state index is -2.38. The van der Waals surface area contributed by atoms with Gasteiger partial charge in [0.15, 0.2) is 14.6 Å². The maximum Gasteiger partial charge on any atom is 0.192 e. The van der Waals surface area contributed by atoms with Gasteiger partial charge in [-0.3, -0.25) is 0 Å². The highest BCUT2D eigenvalue weighted by molar-refractivity contribution is 6.74. The fourth-order valence-corrected chi connectivity index (χ4v) is 8.18. The highest BCUT2D eigenvalue weighted by Gasteiger charge is 2.50. The fraction of sp³-hybridized carbons (Fsp3) is 0.423. The van der Waals surface area contributed by atoms with Crippen molar-refractivity contribution in [2.24, 2.45) is 5.11 Å². The Labute approximate surface area is 390 Å². The van der Waals surface area contributed by atoms with Gasteiger partial charge in [-0.15, -0.1) is 0 Å². The molecule has 352 valence electrons. The van der Waals surface area contributed by atoms with Crippen LogP contribution in [0.5, 0.6) is 11.5 Å². The quantitative estimate of drug-likeness (QED) is 0.0259. The van der Waals surface area contributed by atoms with Crippen LogP contribution in [0.4, 0.5) is 0 Å². The molecule has 0 saturated carbocycles. The molecule has 1 N–H and O–H groups in total. The fourth-order valence-electron chi connectivity index (χ4n) is 7.17. The molecule has 66 heavy (non-hydrogen) atoms. The minimum absolute atomic E-state index is 0.0681. The van der Waals surface area contributed by atoms with Gasteiger partial charge in [0.05, 0.1) is 46.8 Å². The Kier molecular flexibility index (Phi) is 19.2. The van der Waals surface area contributed by atoms with E-state index in [1.807, 2.05) is 121 Å². The van der Waals surface area contributed by atoms with E-state index in [1.54, 1.807) is 31.4 Å². The maximum atomic E-state index is 12.3. The zero-order valence-corrected chi connectivity index (χ0v) is 39.9. The molecular weight excluding hydrogens is 855 g/mol. The van der Waals surface area contributed by atoms with Crippen LogP contribution in [0.25, 0.3) is 10.4 Å². The Balaban J connectivity index is 1.38. The van der Waals surface area contributed by atoms with Crippen molar-refractivity contribution in [3.63, 3.8) is 0 Å². The van der Waals surface area contributed by atoms with Gasteiger partial charge in [0.2, 0.25) is 0 Å². The van der Waals surface area contributed by atoms with Crippen molar-refractivity contribution in [1.29, 1.82) is 0 Å². The highest BCUT2D eigenvalue weighted by atomic mass is 28.4. The molecule has 0 spiro atoms. The third-order valence-electron chi connectivity index (χ3n) is 12.0. The molecular formula is C52H65N3O10Si. The molecule has 6 rings (SSSR count). The van der Waals surface area contributed by atoms with Gasteiger partial charge >= 0.3 is 0 Å². The smallest absolute Gasteiger partial charge is 0.192 e. The van der Waals surface area contributed by atoms with Gasteiger partial charge in [0, 0.05) is 4.91 Å². The van der Waals surface area contributed by atoms with E-state index in [0.29, 0.717) is 18.1 Å². The lowest BCUT2D eigenvalue weighted by Gasteiger charge is -2.46. The topological polar surface area (TPSA) is 152 Å². The molecule has 0 aliphatic carbocycles. The summed E-state index contributed by atoms with van der Waals surface area (Å²) in [5.41, 5.74) is 14.0. The summed E-state index contributed by atoms with van der Waals surface area (Å²) in [5, 5.41) is 16.5. The zero-order valence-electron chi connectivity index (χ0n) is 38.9.